The monoisotopic (exact) mass is 500 g/mol. The molecule has 2 aliphatic heterocycles. The minimum absolute atomic E-state index is 0.103. The predicted molar refractivity (Wildman–Crippen MR) is 121 cm³/mol. The number of hydrogen-bond acceptors (Lipinski definition) is 3. The van der Waals surface area contributed by atoms with E-state index in [1.807, 2.05) is 6.08 Å². The van der Waals surface area contributed by atoms with Crippen LogP contribution in [-0.2, 0) is 14.2 Å². The molecule has 4 atom stereocenters. The fourth-order valence-corrected chi connectivity index (χ4v) is 20.5. The molecule has 0 unspecified atom stereocenters. The molecule has 2 fully saturated rings. The van der Waals surface area contributed by atoms with Crippen LogP contribution in [0.1, 0.15) is 72.6 Å². The second kappa shape index (κ2) is 12.8. The summed E-state index contributed by atoms with van der Waals surface area (Å²) < 4.78 is 25.7. The standard InChI is InChI=1S/C12H17O3.3C4H9.Sn/c1-4-5-13-11-6-10-8(2)7-14-12(10)9(3)15-11;3*1-3-4-2;/h2,4,9-12H,1,5-7H2,3H3;3*1,3-4H2,2H3;/t9-,10-,11+,12-;;;;/m0..../s1. The van der Waals surface area contributed by atoms with Gasteiger partial charge in [0.2, 0.25) is 0 Å². The SMILES string of the molecule is C=CCO[C@H]1C[C@H]2/C(=[CH]/[Sn]([CH2]CCC)([CH2]CCC)[CH2]CCC)CO[C@H]2[C@H](C)O1. The van der Waals surface area contributed by atoms with Gasteiger partial charge >= 0.3 is 178 Å². The van der Waals surface area contributed by atoms with Crippen molar-refractivity contribution in [2.75, 3.05) is 13.2 Å². The molecule has 0 aromatic rings. The van der Waals surface area contributed by atoms with Gasteiger partial charge in [-0.1, -0.05) is 0 Å². The molecule has 4 heteroatoms. The molecule has 0 spiro atoms. The molecule has 0 aromatic heterocycles. The third-order valence-electron chi connectivity index (χ3n) is 6.57. The fraction of sp³-hybridized carbons (Fsp3) is 0.833. The Balaban J connectivity index is 2.23. The zero-order chi connectivity index (χ0) is 20.4. The fourth-order valence-electron chi connectivity index (χ4n) is 4.96. The van der Waals surface area contributed by atoms with Crippen LogP contribution in [-0.4, -0.2) is 50.1 Å². The van der Waals surface area contributed by atoms with E-state index in [-0.39, 0.29) is 18.5 Å². The topological polar surface area (TPSA) is 27.7 Å². The first-order valence-electron chi connectivity index (χ1n) is 11.8. The van der Waals surface area contributed by atoms with Crippen molar-refractivity contribution in [3.8, 4) is 0 Å². The summed E-state index contributed by atoms with van der Waals surface area (Å²) in [6, 6.07) is 0. The van der Waals surface area contributed by atoms with E-state index < -0.39 is 18.4 Å². The van der Waals surface area contributed by atoms with Crippen LogP contribution in [0.3, 0.4) is 0 Å². The second-order valence-corrected chi connectivity index (χ2v) is 21.8. The van der Waals surface area contributed by atoms with Crippen molar-refractivity contribution in [3.63, 3.8) is 0 Å². The predicted octanol–water partition coefficient (Wildman–Crippen LogP) is 6.65. The van der Waals surface area contributed by atoms with E-state index in [0.29, 0.717) is 12.5 Å². The molecule has 2 aliphatic rings. The first-order valence-corrected chi connectivity index (χ1v) is 19.5. The summed E-state index contributed by atoms with van der Waals surface area (Å²) >= 11 is -2.31. The Morgan fingerprint density at radius 3 is 2.21 bits per heavy atom. The Labute approximate surface area is 178 Å². The summed E-state index contributed by atoms with van der Waals surface area (Å²) in [4.78, 5) is 0. The molecule has 0 amide bonds. The molecule has 3 nitrogen and oxygen atoms in total. The van der Waals surface area contributed by atoms with Gasteiger partial charge in [-0.15, -0.1) is 0 Å². The van der Waals surface area contributed by atoms with Gasteiger partial charge in [0, 0.05) is 0 Å². The van der Waals surface area contributed by atoms with E-state index in [2.05, 4.69) is 38.4 Å². The van der Waals surface area contributed by atoms with Crippen molar-refractivity contribution in [3.05, 3.63) is 22.3 Å². The van der Waals surface area contributed by atoms with Gasteiger partial charge in [0.15, 0.2) is 0 Å². The molecular formula is C24H44O3Sn. The quantitative estimate of drug-likeness (QED) is 0.210. The summed E-state index contributed by atoms with van der Waals surface area (Å²) in [5, 5.41) is 0. The molecule has 0 aromatic carbocycles. The van der Waals surface area contributed by atoms with E-state index in [4.69, 9.17) is 14.2 Å². The Hall–Kier alpha value is 0.159. The van der Waals surface area contributed by atoms with Crippen molar-refractivity contribution in [2.24, 2.45) is 5.92 Å². The van der Waals surface area contributed by atoms with Gasteiger partial charge < -0.3 is 0 Å². The third-order valence-corrected chi connectivity index (χ3v) is 20.9. The van der Waals surface area contributed by atoms with Crippen LogP contribution in [0.2, 0.25) is 13.3 Å². The van der Waals surface area contributed by atoms with Gasteiger partial charge in [-0.05, 0) is 0 Å². The summed E-state index contributed by atoms with van der Waals surface area (Å²) in [6.45, 7) is 14.3. The van der Waals surface area contributed by atoms with Gasteiger partial charge in [0.1, 0.15) is 0 Å². The third kappa shape index (κ3) is 6.85. The second-order valence-electron chi connectivity index (χ2n) is 8.90. The summed E-state index contributed by atoms with van der Waals surface area (Å²) in [6.07, 6.45) is 11.1. The zero-order valence-corrected chi connectivity index (χ0v) is 21.7. The molecule has 0 saturated carbocycles. The Morgan fingerprint density at radius 1 is 1.07 bits per heavy atom. The van der Waals surface area contributed by atoms with Crippen LogP contribution in [0.5, 0.6) is 0 Å². The first kappa shape index (κ1) is 24.4. The van der Waals surface area contributed by atoms with E-state index in [0.717, 1.165) is 13.0 Å². The number of ether oxygens (including phenoxy) is 3. The summed E-state index contributed by atoms with van der Waals surface area (Å²) in [7, 11) is 0. The molecule has 2 saturated heterocycles. The van der Waals surface area contributed by atoms with Crippen molar-refractivity contribution in [1.82, 2.24) is 0 Å². The van der Waals surface area contributed by atoms with Crippen LogP contribution in [0.15, 0.2) is 22.3 Å². The maximum atomic E-state index is 6.26. The van der Waals surface area contributed by atoms with Crippen LogP contribution in [0, 0.1) is 5.92 Å². The first-order chi connectivity index (χ1) is 13.6. The Kier molecular flexibility index (Phi) is 11.1. The van der Waals surface area contributed by atoms with Crippen molar-refractivity contribution in [1.29, 1.82) is 0 Å². The van der Waals surface area contributed by atoms with Gasteiger partial charge in [0.05, 0.1) is 0 Å². The molecule has 0 aliphatic carbocycles. The molecular weight excluding hydrogens is 455 g/mol. The van der Waals surface area contributed by atoms with Crippen LogP contribution >= 0.6 is 0 Å². The normalized spacial score (nSPS) is 29.2. The van der Waals surface area contributed by atoms with Gasteiger partial charge in [-0.3, -0.25) is 0 Å². The average Bonchev–Trinajstić information content (AvgIpc) is 3.10. The van der Waals surface area contributed by atoms with Gasteiger partial charge in [-0.2, -0.15) is 0 Å². The Morgan fingerprint density at radius 2 is 1.68 bits per heavy atom. The van der Waals surface area contributed by atoms with E-state index in [9.17, 15) is 0 Å². The summed E-state index contributed by atoms with van der Waals surface area (Å²) in [5.41, 5.74) is 1.60. The van der Waals surface area contributed by atoms with Crippen molar-refractivity contribution < 1.29 is 14.2 Å². The molecule has 162 valence electrons. The van der Waals surface area contributed by atoms with E-state index >= 15 is 0 Å². The maximum absolute atomic E-state index is 6.26. The van der Waals surface area contributed by atoms with Crippen molar-refractivity contribution in [2.45, 2.75) is 104 Å². The Bertz CT molecular complexity index is 468. The van der Waals surface area contributed by atoms with Gasteiger partial charge in [-0.25, -0.2) is 0 Å². The minimum atomic E-state index is -2.31. The average molecular weight is 499 g/mol. The van der Waals surface area contributed by atoms with Crippen molar-refractivity contribution >= 4 is 18.4 Å². The van der Waals surface area contributed by atoms with E-state index in [1.54, 1.807) is 5.57 Å². The molecule has 0 N–H and O–H groups in total. The van der Waals surface area contributed by atoms with Gasteiger partial charge in [0.25, 0.3) is 0 Å². The number of rotatable bonds is 13. The number of unbranched alkanes of at least 4 members (excludes halogenated alkanes) is 3. The molecule has 2 rings (SSSR count). The summed E-state index contributed by atoms with van der Waals surface area (Å²) in [5.74, 6) is 0.486. The van der Waals surface area contributed by atoms with Crippen LogP contribution < -0.4 is 0 Å². The zero-order valence-electron chi connectivity index (χ0n) is 18.9. The number of fused-ring (bicyclic) bond motifs is 1. The van der Waals surface area contributed by atoms with Crippen LogP contribution in [0.25, 0.3) is 0 Å². The molecule has 28 heavy (non-hydrogen) atoms. The molecule has 2 heterocycles. The number of hydrogen-bond donors (Lipinski definition) is 0. The van der Waals surface area contributed by atoms with E-state index in [1.165, 1.54) is 51.8 Å². The molecule has 0 bridgehead atoms. The molecule has 0 radical (unpaired) electrons. The van der Waals surface area contributed by atoms with Crippen LogP contribution in [0.4, 0.5) is 0 Å².